The van der Waals surface area contributed by atoms with Gasteiger partial charge in [0.25, 0.3) is 0 Å². The average molecular weight is 479 g/mol. The van der Waals surface area contributed by atoms with E-state index >= 15 is 0 Å². The van der Waals surface area contributed by atoms with Crippen molar-refractivity contribution in [3.8, 4) is 0 Å². The molecule has 1 amide bonds. The molecule has 0 spiro atoms. The number of nitrogens with zero attached hydrogens (tertiary/aromatic N) is 1. The number of ketones is 1. The molecule has 0 aromatic heterocycles. The Morgan fingerprint density at radius 3 is 2.45 bits per heavy atom. The molecule has 8 heteroatoms. The van der Waals surface area contributed by atoms with Gasteiger partial charge in [-0.25, -0.2) is 12.7 Å². The first-order valence-corrected chi connectivity index (χ1v) is 11.8. The van der Waals surface area contributed by atoms with E-state index in [4.69, 9.17) is 0 Å². The number of benzene rings is 2. The first-order valence-electron chi connectivity index (χ1n) is 9.39. The van der Waals surface area contributed by atoms with Crippen LogP contribution >= 0.6 is 15.9 Å². The second-order valence-corrected chi connectivity index (χ2v) is 10.1. The van der Waals surface area contributed by atoms with Crippen LogP contribution in [0.1, 0.15) is 35.7 Å². The fraction of sp³-hybridized carbons (Fsp3) is 0.333. The maximum absolute atomic E-state index is 12.7. The van der Waals surface area contributed by atoms with Crippen molar-refractivity contribution in [1.29, 1.82) is 0 Å². The Labute approximate surface area is 179 Å². The Hall–Kier alpha value is -2.03. The maximum atomic E-state index is 12.7. The lowest BCUT2D eigenvalue weighted by atomic mass is 9.97. The van der Waals surface area contributed by atoms with Crippen LogP contribution in [0.25, 0.3) is 0 Å². The summed E-state index contributed by atoms with van der Waals surface area (Å²) in [6.07, 6.45) is 0.936. The lowest BCUT2D eigenvalue weighted by Gasteiger charge is -2.30. The van der Waals surface area contributed by atoms with Crippen LogP contribution in [0.15, 0.2) is 53.0 Å². The Bertz CT molecular complexity index is 1010. The van der Waals surface area contributed by atoms with Gasteiger partial charge in [-0.15, -0.1) is 0 Å². The van der Waals surface area contributed by atoms with Crippen molar-refractivity contribution in [2.45, 2.75) is 25.5 Å². The summed E-state index contributed by atoms with van der Waals surface area (Å²) >= 11 is 3.36. The number of piperidine rings is 1. The minimum Gasteiger partial charge on any atom is -0.326 e. The average Bonchev–Trinajstić information content (AvgIpc) is 2.68. The van der Waals surface area contributed by atoms with E-state index in [0.29, 0.717) is 37.2 Å². The molecule has 0 radical (unpaired) electrons. The third-order valence-electron chi connectivity index (χ3n) is 4.99. The van der Waals surface area contributed by atoms with Crippen molar-refractivity contribution in [3.63, 3.8) is 0 Å². The lowest BCUT2D eigenvalue weighted by Crippen LogP contribution is -2.41. The summed E-state index contributed by atoms with van der Waals surface area (Å²) in [5.41, 5.74) is 1.84. The molecule has 0 atom stereocenters. The number of amides is 1. The molecule has 0 aliphatic carbocycles. The molecule has 2 aromatic carbocycles. The van der Waals surface area contributed by atoms with E-state index in [2.05, 4.69) is 21.2 Å². The number of hydrogen-bond acceptors (Lipinski definition) is 4. The number of halogens is 1. The van der Waals surface area contributed by atoms with Crippen molar-refractivity contribution < 1.29 is 18.0 Å². The van der Waals surface area contributed by atoms with Crippen LogP contribution < -0.4 is 5.32 Å². The standard InChI is InChI=1S/C21H23BrN2O4S/c1-15(25)18-5-3-7-20(13-18)23-21(26)17-8-10-24(11-9-17)29(27,28)14-16-4-2-6-19(22)12-16/h2-7,12-13,17H,8-11,14H2,1H3,(H,23,26). The topological polar surface area (TPSA) is 83.6 Å². The summed E-state index contributed by atoms with van der Waals surface area (Å²) in [5, 5.41) is 2.84. The highest BCUT2D eigenvalue weighted by Gasteiger charge is 2.31. The Morgan fingerprint density at radius 2 is 1.79 bits per heavy atom. The first-order chi connectivity index (χ1) is 13.7. The van der Waals surface area contributed by atoms with Crippen LogP contribution in [-0.2, 0) is 20.6 Å². The van der Waals surface area contributed by atoms with Crippen molar-refractivity contribution in [3.05, 3.63) is 64.1 Å². The fourth-order valence-corrected chi connectivity index (χ4v) is 5.38. The van der Waals surface area contributed by atoms with Crippen LogP contribution in [0.3, 0.4) is 0 Å². The summed E-state index contributed by atoms with van der Waals surface area (Å²) in [5.74, 6) is -0.519. The minimum absolute atomic E-state index is 0.0544. The van der Waals surface area contributed by atoms with E-state index in [-0.39, 0.29) is 23.4 Å². The van der Waals surface area contributed by atoms with Crippen LogP contribution in [0.4, 0.5) is 5.69 Å². The van der Waals surface area contributed by atoms with E-state index in [9.17, 15) is 18.0 Å². The molecule has 1 saturated heterocycles. The van der Waals surface area contributed by atoms with Crippen molar-refractivity contribution in [1.82, 2.24) is 4.31 Å². The molecule has 1 aliphatic heterocycles. The first kappa shape index (κ1) is 21.7. The number of carbonyl (C=O) groups excluding carboxylic acids is 2. The number of Topliss-reactive ketones (excluding diaryl/α,β-unsaturated/α-hetero) is 1. The SMILES string of the molecule is CC(=O)c1cccc(NC(=O)C2CCN(S(=O)(=O)Cc3cccc(Br)c3)CC2)c1. The summed E-state index contributed by atoms with van der Waals surface area (Å²) < 4.78 is 27.7. The fourth-order valence-electron chi connectivity index (χ4n) is 3.39. The Kier molecular flexibility index (Phi) is 6.87. The monoisotopic (exact) mass is 478 g/mol. The van der Waals surface area contributed by atoms with Gasteiger partial charge in [-0.3, -0.25) is 9.59 Å². The number of rotatable bonds is 6. The van der Waals surface area contributed by atoms with Crippen molar-refractivity contribution >= 4 is 43.3 Å². The highest BCUT2D eigenvalue weighted by Crippen LogP contribution is 2.24. The van der Waals surface area contributed by atoms with Crippen LogP contribution in [-0.4, -0.2) is 37.5 Å². The van der Waals surface area contributed by atoms with Gasteiger partial charge in [0.05, 0.1) is 5.75 Å². The molecular formula is C21H23BrN2O4S. The largest absolute Gasteiger partial charge is 0.326 e. The van der Waals surface area contributed by atoms with E-state index in [1.54, 1.807) is 36.4 Å². The number of anilines is 1. The molecule has 154 valence electrons. The molecule has 0 bridgehead atoms. The molecule has 6 nitrogen and oxygen atoms in total. The summed E-state index contributed by atoms with van der Waals surface area (Å²) in [6, 6.07) is 14.1. The zero-order valence-corrected chi connectivity index (χ0v) is 18.5. The van der Waals surface area contributed by atoms with Gasteiger partial charge in [-0.2, -0.15) is 0 Å². The molecule has 1 fully saturated rings. The predicted molar refractivity (Wildman–Crippen MR) is 116 cm³/mol. The minimum atomic E-state index is -3.43. The molecule has 0 saturated carbocycles. The van der Waals surface area contributed by atoms with Gasteiger partial charge >= 0.3 is 0 Å². The lowest BCUT2D eigenvalue weighted by molar-refractivity contribution is -0.120. The molecule has 2 aromatic rings. The van der Waals surface area contributed by atoms with E-state index in [0.717, 1.165) is 10.0 Å². The van der Waals surface area contributed by atoms with Gasteiger partial charge in [0.1, 0.15) is 0 Å². The zero-order chi connectivity index (χ0) is 21.0. The number of hydrogen-bond donors (Lipinski definition) is 1. The smallest absolute Gasteiger partial charge is 0.227 e. The van der Waals surface area contributed by atoms with E-state index < -0.39 is 10.0 Å². The second-order valence-electron chi connectivity index (χ2n) is 7.19. The normalized spacial score (nSPS) is 15.8. The zero-order valence-electron chi connectivity index (χ0n) is 16.1. The molecular weight excluding hydrogens is 456 g/mol. The molecule has 1 aliphatic rings. The van der Waals surface area contributed by atoms with Crippen molar-refractivity contribution in [2.24, 2.45) is 5.92 Å². The number of carbonyl (C=O) groups is 2. The number of nitrogens with one attached hydrogen (secondary N) is 1. The van der Waals surface area contributed by atoms with Crippen LogP contribution in [0.5, 0.6) is 0 Å². The van der Waals surface area contributed by atoms with Gasteiger partial charge in [-0.05, 0) is 49.6 Å². The van der Waals surface area contributed by atoms with Gasteiger partial charge in [0.2, 0.25) is 15.9 Å². The third-order valence-corrected chi connectivity index (χ3v) is 7.34. The number of sulfonamides is 1. The molecule has 3 rings (SSSR count). The predicted octanol–water partition coefficient (Wildman–Crippen LogP) is 3.83. The summed E-state index contributed by atoms with van der Waals surface area (Å²) in [4.78, 5) is 24.1. The Morgan fingerprint density at radius 1 is 1.10 bits per heavy atom. The second kappa shape index (κ2) is 9.19. The molecule has 0 unspecified atom stereocenters. The molecule has 29 heavy (non-hydrogen) atoms. The highest BCUT2D eigenvalue weighted by atomic mass is 79.9. The Balaban J connectivity index is 1.57. The highest BCUT2D eigenvalue weighted by molar-refractivity contribution is 9.10. The summed E-state index contributed by atoms with van der Waals surface area (Å²) in [7, 11) is -3.43. The van der Waals surface area contributed by atoms with Gasteiger partial charge in [0, 0.05) is 34.7 Å². The molecule has 1 heterocycles. The van der Waals surface area contributed by atoms with Gasteiger partial charge in [-0.1, -0.05) is 40.2 Å². The molecule has 1 N–H and O–H groups in total. The summed E-state index contributed by atoms with van der Waals surface area (Å²) in [6.45, 7) is 2.12. The quantitative estimate of drug-likeness (QED) is 0.639. The van der Waals surface area contributed by atoms with E-state index in [1.807, 2.05) is 12.1 Å². The van der Waals surface area contributed by atoms with Crippen LogP contribution in [0, 0.1) is 5.92 Å². The maximum Gasteiger partial charge on any atom is 0.227 e. The van der Waals surface area contributed by atoms with Crippen LogP contribution in [0.2, 0.25) is 0 Å². The van der Waals surface area contributed by atoms with Crippen molar-refractivity contribution in [2.75, 3.05) is 18.4 Å². The van der Waals surface area contributed by atoms with E-state index in [1.165, 1.54) is 11.2 Å². The van der Waals surface area contributed by atoms with Gasteiger partial charge < -0.3 is 5.32 Å². The van der Waals surface area contributed by atoms with Gasteiger partial charge in [0.15, 0.2) is 5.78 Å². The third kappa shape index (κ3) is 5.74.